The molecule has 3 aromatic heterocycles. The van der Waals surface area contributed by atoms with Gasteiger partial charge in [0.1, 0.15) is 23.1 Å². The molecular weight excluding hydrogens is 380 g/mol. The summed E-state index contributed by atoms with van der Waals surface area (Å²) in [5, 5.41) is 0. The van der Waals surface area contributed by atoms with Crippen molar-refractivity contribution in [1.29, 1.82) is 0 Å². The lowest BCUT2D eigenvalue weighted by atomic mass is 9.96. The summed E-state index contributed by atoms with van der Waals surface area (Å²) < 4.78 is 7.07. The summed E-state index contributed by atoms with van der Waals surface area (Å²) in [5.74, 6) is 3.01. The Kier molecular flexibility index (Phi) is 5.08. The molecule has 0 aliphatic carbocycles. The van der Waals surface area contributed by atoms with Crippen LogP contribution in [0.2, 0.25) is 0 Å². The number of aryl methyl sites for hydroxylation is 1. The molecule has 0 unspecified atom stereocenters. The maximum atomic E-state index is 12.4. The number of rotatable bonds is 3. The van der Waals surface area contributed by atoms with Gasteiger partial charge in [-0.05, 0) is 31.9 Å². The molecule has 3 aromatic rings. The zero-order valence-electron chi connectivity index (χ0n) is 17.2. The van der Waals surface area contributed by atoms with Gasteiger partial charge in [-0.15, -0.1) is 0 Å². The van der Waals surface area contributed by atoms with Gasteiger partial charge in [0.05, 0.1) is 0 Å². The fourth-order valence-corrected chi connectivity index (χ4v) is 4.31. The molecular formula is C22H26N6O2. The molecule has 2 fully saturated rings. The Bertz CT molecular complexity index is 1100. The summed E-state index contributed by atoms with van der Waals surface area (Å²) in [6.45, 7) is 6.84. The van der Waals surface area contributed by atoms with Crippen molar-refractivity contribution in [1.82, 2.24) is 19.4 Å². The molecule has 0 aromatic carbocycles. The molecule has 2 saturated heterocycles. The third-order valence-electron chi connectivity index (χ3n) is 5.97. The molecule has 0 radical (unpaired) electrons. The Morgan fingerprint density at radius 3 is 2.37 bits per heavy atom. The number of pyridine rings is 1. The number of ether oxygens (including phenoxy) is 1. The monoisotopic (exact) mass is 406 g/mol. The molecule has 5 heterocycles. The molecule has 5 rings (SSSR count). The highest BCUT2D eigenvalue weighted by molar-refractivity contribution is 5.50. The van der Waals surface area contributed by atoms with Gasteiger partial charge >= 0.3 is 0 Å². The third-order valence-corrected chi connectivity index (χ3v) is 5.97. The van der Waals surface area contributed by atoms with Crippen molar-refractivity contribution in [3.63, 3.8) is 0 Å². The normalized spacial score (nSPS) is 18.2. The summed E-state index contributed by atoms with van der Waals surface area (Å²) in [4.78, 5) is 31.0. The van der Waals surface area contributed by atoms with Crippen LogP contribution < -0.4 is 15.4 Å². The van der Waals surface area contributed by atoms with E-state index in [9.17, 15) is 4.79 Å². The Labute approximate surface area is 175 Å². The van der Waals surface area contributed by atoms with Gasteiger partial charge < -0.3 is 14.5 Å². The van der Waals surface area contributed by atoms with Crippen LogP contribution in [0, 0.1) is 6.92 Å². The summed E-state index contributed by atoms with van der Waals surface area (Å²) >= 11 is 0. The van der Waals surface area contributed by atoms with E-state index in [0.29, 0.717) is 11.6 Å². The van der Waals surface area contributed by atoms with Crippen molar-refractivity contribution in [3.8, 4) is 0 Å². The van der Waals surface area contributed by atoms with E-state index in [-0.39, 0.29) is 5.56 Å². The first-order valence-corrected chi connectivity index (χ1v) is 10.6. The smallest absolute Gasteiger partial charge is 0.259 e. The van der Waals surface area contributed by atoms with Gasteiger partial charge in [0, 0.05) is 69.3 Å². The summed E-state index contributed by atoms with van der Waals surface area (Å²) in [6, 6.07) is 9.38. The fraction of sp³-hybridized carbons (Fsp3) is 0.455. The van der Waals surface area contributed by atoms with Crippen molar-refractivity contribution in [2.24, 2.45) is 0 Å². The maximum absolute atomic E-state index is 12.4. The van der Waals surface area contributed by atoms with Gasteiger partial charge in [-0.1, -0.05) is 6.07 Å². The molecule has 8 heteroatoms. The summed E-state index contributed by atoms with van der Waals surface area (Å²) in [7, 11) is 0. The number of piperazine rings is 1. The minimum absolute atomic E-state index is 0.0504. The average Bonchev–Trinajstić information content (AvgIpc) is 2.79. The molecule has 30 heavy (non-hydrogen) atoms. The number of hydrogen-bond donors (Lipinski definition) is 0. The van der Waals surface area contributed by atoms with Gasteiger partial charge in [0.25, 0.3) is 5.56 Å². The van der Waals surface area contributed by atoms with Gasteiger partial charge in [-0.3, -0.25) is 9.20 Å². The molecule has 156 valence electrons. The molecule has 0 amide bonds. The Balaban J connectivity index is 1.32. The van der Waals surface area contributed by atoms with Crippen LogP contribution >= 0.6 is 0 Å². The van der Waals surface area contributed by atoms with E-state index >= 15 is 0 Å². The van der Waals surface area contributed by atoms with Crippen LogP contribution in [-0.4, -0.2) is 58.7 Å². The van der Waals surface area contributed by atoms with E-state index in [4.69, 9.17) is 14.7 Å². The van der Waals surface area contributed by atoms with Crippen LogP contribution in [-0.2, 0) is 4.74 Å². The average molecular weight is 406 g/mol. The summed E-state index contributed by atoms with van der Waals surface area (Å²) in [6.07, 6.45) is 3.79. The third kappa shape index (κ3) is 3.75. The van der Waals surface area contributed by atoms with Gasteiger partial charge in [0.2, 0.25) is 0 Å². The van der Waals surface area contributed by atoms with Gasteiger partial charge in [-0.2, -0.15) is 0 Å². The molecule has 0 atom stereocenters. The predicted molar refractivity (Wildman–Crippen MR) is 115 cm³/mol. The molecule has 0 N–H and O–H groups in total. The Hall–Kier alpha value is -3.00. The number of nitrogens with zero attached hydrogens (tertiary/aromatic N) is 6. The second kappa shape index (κ2) is 8.02. The lowest BCUT2D eigenvalue weighted by Gasteiger charge is -2.36. The maximum Gasteiger partial charge on any atom is 0.259 e. The lowest BCUT2D eigenvalue weighted by molar-refractivity contribution is 0.0844. The van der Waals surface area contributed by atoms with Crippen molar-refractivity contribution < 1.29 is 4.74 Å². The minimum atomic E-state index is -0.0504. The van der Waals surface area contributed by atoms with Crippen LogP contribution in [0.1, 0.15) is 30.3 Å². The van der Waals surface area contributed by atoms with Crippen LogP contribution in [0.25, 0.3) is 5.65 Å². The first-order valence-electron chi connectivity index (χ1n) is 10.6. The van der Waals surface area contributed by atoms with Crippen LogP contribution in [0.15, 0.2) is 41.3 Å². The van der Waals surface area contributed by atoms with Crippen LogP contribution in [0.4, 0.5) is 11.6 Å². The SMILES string of the molecule is Cc1nc(C2CCOCC2)cc(N2CCN(c3cc(=O)n4ccccc4n3)CC2)n1. The van der Waals surface area contributed by atoms with E-state index in [1.165, 1.54) is 0 Å². The highest BCUT2D eigenvalue weighted by Gasteiger charge is 2.23. The molecule has 0 bridgehead atoms. The number of hydrogen-bond acceptors (Lipinski definition) is 7. The highest BCUT2D eigenvalue weighted by atomic mass is 16.5. The zero-order valence-corrected chi connectivity index (χ0v) is 17.2. The van der Waals surface area contributed by atoms with Crippen molar-refractivity contribution in [3.05, 3.63) is 58.4 Å². The summed E-state index contributed by atoms with van der Waals surface area (Å²) in [5.41, 5.74) is 1.76. The van der Waals surface area contributed by atoms with Crippen molar-refractivity contribution in [2.75, 3.05) is 49.2 Å². The first kappa shape index (κ1) is 19.0. The van der Waals surface area contributed by atoms with E-state index in [2.05, 4.69) is 20.9 Å². The molecule has 0 saturated carbocycles. The largest absolute Gasteiger partial charge is 0.381 e. The van der Waals surface area contributed by atoms with E-state index in [1.54, 1.807) is 16.7 Å². The quantitative estimate of drug-likeness (QED) is 0.659. The first-order chi connectivity index (χ1) is 14.7. The minimum Gasteiger partial charge on any atom is -0.381 e. The predicted octanol–water partition coefficient (Wildman–Crippen LogP) is 2.01. The molecule has 8 nitrogen and oxygen atoms in total. The number of aromatic nitrogens is 4. The van der Waals surface area contributed by atoms with Gasteiger partial charge in [-0.25, -0.2) is 15.0 Å². The standard InChI is InChI=1S/C22H26N6O2/c1-16-23-18(17-5-12-30-13-6-17)14-20(24-16)26-8-10-27(11-9-26)21-15-22(29)28-7-3-2-4-19(28)25-21/h2-4,7,14-15,17H,5-6,8-13H2,1H3. The van der Waals surface area contributed by atoms with E-state index in [1.807, 2.05) is 25.1 Å². The Morgan fingerprint density at radius 1 is 0.933 bits per heavy atom. The second-order valence-electron chi connectivity index (χ2n) is 7.94. The van der Waals surface area contributed by atoms with Gasteiger partial charge in [0.15, 0.2) is 0 Å². The Morgan fingerprint density at radius 2 is 1.63 bits per heavy atom. The topological polar surface area (TPSA) is 75.9 Å². The lowest BCUT2D eigenvalue weighted by Crippen LogP contribution is -2.47. The van der Waals surface area contributed by atoms with Crippen LogP contribution in [0.3, 0.4) is 0 Å². The molecule has 0 spiro atoms. The highest BCUT2D eigenvalue weighted by Crippen LogP contribution is 2.28. The molecule has 2 aliphatic heterocycles. The van der Waals surface area contributed by atoms with E-state index in [0.717, 1.165) is 75.4 Å². The van der Waals surface area contributed by atoms with Crippen molar-refractivity contribution >= 4 is 17.3 Å². The number of anilines is 2. The van der Waals surface area contributed by atoms with Crippen molar-refractivity contribution in [2.45, 2.75) is 25.7 Å². The fourth-order valence-electron chi connectivity index (χ4n) is 4.31. The molecule has 2 aliphatic rings. The van der Waals surface area contributed by atoms with Crippen LogP contribution in [0.5, 0.6) is 0 Å². The zero-order chi connectivity index (χ0) is 20.5. The van der Waals surface area contributed by atoms with E-state index < -0.39 is 0 Å². The number of fused-ring (bicyclic) bond motifs is 1. The second-order valence-corrected chi connectivity index (χ2v) is 7.94.